The number of carbonyl (C=O) groups excluding carboxylic acids is 2. The number of piperidine rings is 1. The Kier molecular flexibility index (Phi) is 9.44. The van der Waals surface area contributed by atoms with Crippen LogP contribution in [0.5, 0.6) is 5.75 Å². The number of halogens is 1. The van der Waals surface area contributed by atoms with Crippen molar-refractivity contribution in [2.24, 2.45) is 11.7 Å². The highest BCUT2D eigenvalue weighted by Crippen LogP contribution is 2.19. The van der Waals surface area contributed by atoms with Crippen molar-refractivity contribution in [3.8, 4) is 5.75 Å². The van der Waals surface area contributed by atoms with E-state index in [0.717, 1.165) is 29.7 Å². The van der Waals surface area contributed by atoms with Gasteiger partial charge >= 0.3 is 0 Å². The Hall–Kier alpha value is -1.79. The fraction of sp³-hybridized carbons (Fsp3) is 0.579. The zero-order chi connectivity index (χ0) is 18.2. The summed E-state index contributed by atoms with van der Waals surface area (Å²) in [5.74, 6) is 0.697. The van der Waals surface area contributed by atoms with Crippen molar-refractivity contribution in [1.29, 1.82) is 0 Å². The fourth-order valence-corrected chi connectivity index (χ4v) is 3.19. The van der Waals surface area contributed by atoms with Gasteiger partial charge in [0.25, 0.3) is 0 Å². The molecule has 1 aliphatic heterocycles. The van der Waals surface area contributed by atoms with Crippen LogP contribution in [0.2, 0.25) is 0 Å². The minimum absolute atomic E-state index is 0. The molecule has 1 aliphatic rings. The van der Waals surface area contributed by atoms with Gasteiger partial charge in [0, 0.05) is 26.2 Å². The fourth-order valence-electron chi connectivity index (χ4n) is 3.19. The van der Waals surface area contributed by atoms with Gasteiger partial charge in [-0.15, -0.1) is 12.4 Å². The first-order chi connectivity index (χ1) is 12.0. The highest BCUT2D eigenvalue weighted by atomic mass is 35.5. The van der Waals surface area contributed by atoms with Crippen molar-refractivity contribution >= 4 is 24.2 Å². The molecule has 0 radical (unpaired) electrons. The van der Waals surface area contributed by atoms with Gasteiger partial charge in [0.2, 0.25) is 11.8 Å². The highest BCUT2D eigenvalue weighted by Gasteiger charge is 2.27. The number of nitrogens with zero attached hydrogens (tertiary/aromatic N) is 1. The average molecular weight is 384 g/mol. The van der Waals surface area contributed by atoms with E-state index in [1.54, 1.807) is 4.90 Å². The third kappa shape index (κ3) is 6.84. The van der Waals surface area contributed by atoms with Crippen molar-refractivity contribution in [3.63, 3.8) is 0 Å². The normalized spacial score (nSPS) is 16.6. The second-order valence-corrected chi connectivity index (χ2v) is 6.68. The summed E-state index contributed by atoms with van der Waals surface area (Å²) in [7, 11) is 0. The van der Waals surface area contributed by atoms with E-state index in [0.29, 0.717) is 39.2 Å². The Morgan fingerprint density at radius 3 is 2.62 bits per heavy atom. The SMILES string of the molecule is Cc1cc(C)cc(OCCC(=O)N2CCCC(C(=O)NCCN)C2)c1.Cl. The van der Waals surface area contributed by atoms with Crippen LogP contribution in [0.3, 0.4) is 0 Å². The number of hydrogen-bond acceptors (Lipinski definition) is 4. The molecule has 1 fully saturated rings. The average Bonchev–Trinajstić information content (AvgIpc) is 2.58. The second-order valence-electron chi connectivity index (χ2n) is 6.68. The van der Waals surface area contributed by atoms with Crippen molar-refractivity contribution in [1.82, 2.24) is 10.2 Å². The van der Waals surface area contributed by atoms with E-state index < -0.39 is 0 Å². The van der Waals surface area contributed by atoms with E-state index in [9.17, 15) is 9.59 Å². The molecule has 1 saturated heterocycles. The molecule has 0 aliphatic carbocycles. The summed E-state index contributed by atoms with van der Waals surface area (Å²) in [5.41, 5.74) is 7.69. The number of carbonyl (C=O) groups is 2. The van der Waals surface area contributed by atoms with Gasteiger partial charge in [-0.1, -0.05) is 6.07 Å². The number of ether oxygens (including phenoxy) is 1. The van der Waals surface area contributed by atoms with Crippen LogP contribution >= 0.6 is 12.4 Å². The Balaban J connectivity index is 0.00000338. The van der Waals surface area contributed by atoms with Crippen molar-refractivity contribution < 1.29 is 14.3 Å². The van der Waals surface area contributed by atoms with Crippen LogP contribution in [-0.4, -0.2) is 49.5 Å². The van der Waals surface area contributed by atoms with Gasteiger partial charge in [-0.05, 0) is 49.9 Å². The maximum absolute atomic E-state index is 12.4. The summed E-state index contributed by atoms with van der Waals surface area (Å²) in [6.07, 6.45) is 1.99. The number of nitrogens with two attached hydrogens (primary N) is 1. The molecular formula is C19H30ClN3O3. The van der Waals surface area contributed by atoms with E-state index in [4.69, 9.17) is 10.5 Å². The minimum atomic E-state index is -0.135. The number of hydrogen-bond donors (Lipinski definition) is 2. The maximum Gasteiger partial charge on any atom is 0.226 e. The van der Waals surface area contributed by atoms with Gasteiger partial charge in [0.15, 0.2) is 0 Å². The lowest BCUT2D eigenvalue weighted by Gasteiger charge is -2.32. The van der Waals surface area contributed by atoms with Crippen LogP contribution in [0.1, 0.15) is 30.4 Å². The quantitative estimate of drug-likeness (QED) is 0.752. The van der Waals surface area contributed by atoms with Gasteiger partial charge < -0.3 is 20.7 Å². The standard InChI is InChI=1S/C19H29N3O3.ClH/c1-14-10-15(2)12-17(11-14)25-9-5-18(23)22-8-3-4-16(13-22)19(24)21-7-6-20;/h10-12,16H,3-9,13,20H2,1-2H3,(H,21,24);1H. The summed E-state index contributed by atoms with van der Waals surface area (Å²) in [4.78, 5) is 26.2. The molecule has 7 heteroatoms. The van der Waals surface area contributed by atoms with Crippen molar-refractivity contribution in [2.45, 2.75) is 33.1 Å². The molecule has 0 bridgehead atoms. The third-order valence-corrected chi connectivity index (χ3v) is 4.37. The summed E-state index contributed by atoms with van der Waals surface area (Å²) >= 11 is 0. The van der Waals surface area contributed by atoms with Gasteiger partial charge in [-0.2, -0.15) is 0 Å². The number of benzene rings is 1. The summed E-state index contributed by atoms with van der Waals surface area (Å²) in [5, 5.41) is 2.81. The molecule has 1 aromatic carbocycles. The van der Waals surface area contributed by atoms with Gasteiger partial charge in [0.05, 0.1) is 18.9 Å². The molecule has 2 amide bonds. The topological polar surface area (TPSA) is 84.7 Å². The van der Waals surface area contributed by atoms with Gasteiger partial charge in [0.1, 0.15) is 5.75 Å². The van der Waals surface area contributed by atoms with E-state index in [1.165, 1.54) is 0 Å². The zero-order valence-electron chi connectivity index (χ0n) is 15.6. The first-order valence-electron chi connectivity index (χ1n) is 8.96. The van der Waals surface area contributed by atoms with Crippen LogP contribution in [-0.2, 0) is 9.59 Å². The van der Waals surface area contributed by atoms with Crippen molar-refractivity contribution in [3.05, 3.63) is 29.3 Å². The number of nitrogens with one attached hydrogen (secondary N) is 1. The van der Waals surface area contributed by atoms with Crippen LogP contribution in [0.25, 0.3) is 0 Å². The van der Waals surface area contributed by atoms with E-state index in [2.05, 4.69) is 11.4 Å². The maximum atomic E-state index is 12.4. The Labute approximate surface area is 161 Å². The third-order valence-electron chi connectivity index (χ3n) is 4.37. The molecule has 1 atom stereocenters. The predicted octanol–water partition coefficient (Wildman–Crippen LogP) is 1.81. The van der Waals surface area contributed by atoms with E-state index >= 15 is 0 Å². The monoisotopic (exact) mass is 383 g/mol. The molecule has 1 heterocycles. The number of aryl methyl sites for hydroxylation is 2. The predicted molar refractivity (Wildman–Crippen MR) is 105 cm³/mol. The van der Waals surface area contributed by atoms with E-state index in [1.807, 2.05) is 26.0 Å². The minimum Gasteiger partial charge on any atom is -0.493 e. The molecular weight excluding hydrogens is 354 g/mol. The van der Waals surface area contributed by atoms with E-state index in [-0.39, 0.29) is 30.1 Å². The molecule has 1 unspecified atom stereocenters. The summed E-state index contributed by atoms with van der Waals surface area (Å²) in [6.45, 7) is 6.50. The first kappa shape index (κ1) is 22.3. The second kappa shape index (κ2) is 11.0. The lowest BCUT2D eigenvalue weighted by molar-refractivity contribution is -0.136. The summed E-state index contributed by atoms with van der Waals surface area (Å²) in [6, 6.07) is 6.02. The molecule has 2 rings (SSSR count). The number of likely N-dealkylation sites (tertiary alicyclic amines) is 1. The largest absolute Gasteiger partial charge is 0.493 e. The van der Waals surface area contributed by atoms with Crippen molar-refractivity contribution in [2.75, 3.05) is 32.8 Å². The molecule has 3 N–H and O–H groups in total. The Morgan fingerprint density at radius 1 is 1.27 bits per heavy atom. The Morgan fingerprint density at radius 2 is 1.96 bits per heavy atom. The smallest absolute Gasteiger partial charge is 0.226 e. The van der Waals surface area contributed by atoms with Crippen LogP contribution in [0, 0.1) is 19.8 Å². The van der Waals surface area contributed by atoms with Crippen LogP contribution in [0.15, 0.2) is 18.2 Å². The van der Waals surface area contributed by atoms with Gasteiger partial charge in [-0.25, -0.2) is 0 Å². The molecule has 26 heavy (non-hydrogen) atoms. The molecule has 0 saturated carbocycles. The number of rotatable bonds is 7. The first-order valence-corrected chi connectivity index (χ1v) is 8.96. The molecule has 6 nitrogen and oxygen atoms in total. The van der Waals surface area contributed by atoms with Crippen LogP contribution < -0.4 is 15.8 Å². The number of amides is 2. The lowest BCUT2D eigenvalue weighted by atomic mass is 9.97. The zero-order valence-corrected chi connectivity index (χ0v) is 16.4. The summed E-state index contributed by atoms with van der Waals surface area (Å²) < 4.78 is 5.72. The molecule has 0 spiro atoms. The lowest BCUT2D eigenvalue weighted by Crippen LogP contribution is -2.46. The molecule has 0 aromatic heterocycles. The van der Waals surface area contributed by atoms with Crippen LogP contribution in [0.4, 0.5) is 0 Å². The molecule has 1 aromatic rings. The van der Waals surface area contributed by atoms with Gasteiger partial charge in [-0.3, -0.25) is 9.59 Å². The highest BCUT2D eigenvalue weighted by molar-refractivity contribution is 5.85. The Bertz CT molecular complexity index is 589. The molecule has 146 valence electrons.